The van der Waals surface area contributed by atoms with Gasteiger partial charge in [0, 0.05) is 19.9 Å². The average Bonchev–Trinajstić information content (AvgIpc) is 2.46. The molecule has 0 aromatic rings. The first-order valence-corrected chi connectivity index (χ1v) is 7.75. The highest BCUT2D eigenvalue weighted by molar-refractivity contribution is 5.80. The molecule has 0 rings (SSSR count). The lowest BCUT2D eigenvalue weighted by atomic mass is 10.1. The summed E-state index contributed by atoms with van der Waals surface area (Å²) in [6.07, 6.45) is 9.42. The summed E-state index contributed by atoms with van der Waals surface area (Å²) in [6, 6.07) is 0. The molecular formula is C15H28N2O4. The van der Waals surface area contributed by atoms with Gasteiger partial charge in [-0.2, -0.15) is 0 Å². The highest BCUT2D eigenvalue weighted by atomic mass is 16.4. The van der Waals surface area contributed by atoms with Crippen LogP contribution in [0.15, 0.2) is 0 Å². The van der Waals surface area contributed by atoms with E-state index in [-0.39, 0.29) is 18.4 Å². The van der Waals surface area contributed by atoms with Gasteiger partial charge in [-0.05, 0) is 12.8 Å². The number of carbonyl (C=O) groups excluding carboxylic acids is 2. The van der Waals surface area contributed by atoms with Crippen molar-refractivity contribution in [2.24, 2.45) is 0 Å². The van der Waals surface area contributed by atoms with Crippen LogP contribution in [0.2, 0.25) is 0 Å². The maximum absolute atomic E-state index is 11.2. The van der Waals surface area contributed by atoms with Crippen molar-refractivity contribution in [2.45, 2.75) is 64.2 Å². The molecule has 0 aliphatic carbocycles. The minimum Gasteiger partial charge on any atom is -0.480 e. The van der Waals surface area contributed by atoms with Gasteiger partial charge in [0.05, 0.1) is 0 Å². The van der Waals surface area contributed by atoms with Crippen molar-refractivity contribution in [3.8, 4) is 0 Å². The zero-order chi connectivity index (χ0) is 15.9. The molecule has 0 fully saturated rings. The second kappa shape index (κ2) is 13.4. The third-order valence-corrected chi connectivity index (χ3v) is 3.27. The van der Waals surface area contributed by atoms with Crippen LogP contribution in [0.25, 0.3) is 0 Å². The van der Waals surface area contributed by atoms with Crippen LogP contribution in [0, 0.1) is 0 Å². The zero-order valence-corrected chi connectivity index (χ0v) is 13.0. The number of aliphatic carboxylic acids is 1. The van der Waals surface area contributed by atoms with Gasteiger partial charge in [0.2, 0.25) is 11.8 Å². The second-order valence-electron chi connectivity index (χ2n) is 5.17. The Bertz CT molecular complexity index is 319. The normalized spacial score (nSPS) is 10.1. The van der Waals surface area contributed by atoms with Crippen molar-refractivity contribution in [3.63, 3.8) is 0 Å². The molecule has 3 N–H and O–H groups in total. The van der Waals surface area contributed by atoms with Crippen LogP contribution < -0.4 is 10.6 Å². The molecule has 0 aliphatic rings. The van der Waals surface area contributed by atoms with Crippen LogP contribution in [0.1, 0.15) is 64.2 Å². The molecule has 0 bridgehead atoms. The van der Waals surface area contributed by atoms with Gasteiger partial charge in [-0.25, -0.2) is 0 Å². The summed E-state index contributed by atoms with van der Waals surface area (Å²) in [5.74, 6) is -1.09. The van der Waals surface area contributed by atoms with E-state index in [9.17, 15) is 14.4 Å². The maximum Gasteiger partial charge on any atom is 0.322 e. The number of unbranched alkanes of at least 4 members (excludes halogenated alkanes) is 7. The van der Waals surface area contributed by atoms with Crippen molar-refractivity contribution in [3.05, 3.63) is 0 Å². The van der Waals surface area contributed by atoms with Crippen LogP contribution in [0.5, 0.6) is 0 Å². The highest BCUT2D eigenvalue weighted by Crippen LogP contribution is 2.10. The number of rotatable bonds is 13. The van der Waals surface area contributed by atoms with Crippen LogP contribution in [-0.4, -0.2) is 36.5 Å². The summed E-state index contributed by atoms with van der Waals surface area (Å²) in [4.78, 5) is 32.5. The Balaban J connectivity index is 3.20. The van der Waals surface area contributed by atoms with E-state index in [1.165, 1.54) is 6.42 Å². The molecule has 0 unspecified atom stereocenters. The Labute approximate surface area is 126 Å². The smallest absolute Gasteiger partial charge is 0.322 e. The molecule has 2 amide bonds. The van der Waals surface area contributed by atoms with Crippen molar-refractivity contribution >= 4 is 17.8 Å². The summed E-state index contributed by atoms with van der Waals surface area (Å²) in [5, 5.41) is 13.4. The van der Waals surface area contributed by atoms with E-state index in [2.05, 4.69) is 10.6 Å². The minimum absolute atomic E-state index is 0.108. The number of nitrogens with one attached hydrogen (secondary N) is 2. The molecule has 0 saturated heterocycles. The molecule has 6 nitrogen and oxygen atoms in total. The standard InChI is InChI=1S/C15H28N2O4/c1-16-13(18)10-8-6-4-2-3-5-7-9-11-14(19)17-12-15(20)21/h2-12H2,1H3,(H,16,18)(H,17,19)(H,20,21). The molecule has 0 radical (unpaired) electrons. The lowest BCUT2D eigenvalue weighted by molar-refractivity contribution is -0.138. The topological polar surface area (TPSA) is 95.5 Å². The van der Waals surface area contributed by atoms with Gasteiger partial charge in [0.25, 0.3) is 0 Å². The number of hydrogen-bond acceptors (Lipinski definition) is 3. The molecule has 0 aromatic heterocycles. The number of amides is 2. The summed E-state index contributed by atoms with van der Waals surface area (Å²) >= 11 is 0. The molecule has 0 aliphatic heterocycles. The van der Waals surface area contributed by atoms with Crippen molar-refractivity contribution < 1.29 is 19.5 Å². The lowest BCUT2D eigenvalue weighted by Crippen LogP contribution is -2.28. The lowest BCUT2D eigenvalue weighted by Gasteiger charge is -2.03. The molecule has 6 heteroatoms. The van der Waals surface area contributed by atoms with E-state index >= 15 is 0 Å². The fourth-order valence-corrected chi connectivity index (χ4v) is 2.02. The molecule has 0 saturated carbocycles. The third-order valence-electron chi connectivity index (χ3n) is 3.27. The first kappa shape index (κ1) is 19.4. The van der Waals surface area contributed by atoms with Gasteiger partial charge >= 0.3 is 5.97 Å². The van der Waals surface area contributed by atoms with E-state index < -0.39 is 5.97 Å². The summed E-state index contributed by atoms with van der Waals surface area (Å²) in [5.41, 5.74) is 0. The molecule has 0 atom stereocenters. The molecule has 0 heterocycles. The number of carboxylic acids is 1. The van der Waals surface area contributed by atoms with E-state index in [4.69, 9.17) is 5.11 Å². The van der Waals surface area contributed by atoms with Crippen molar-refractivity contribution in [1.29, 1.82) is 0 Å². The van der Waals surface area contributed by atoms with Gasteiger partial charge in [0.15, 0.2) is 0 Å². The number of hydrogen-bond donors (Lipinski definition) is 3. The van der Waals surface area contributed by atoms with E-state index in [0.717, 1.165) is 44.9 Å². The first-order valence-electron chi connectivity index (χ1n) is 7.75. The van der Waals surface area contributed by atoms with Crippen LogP contribution in [-0.2, 0) is 14.4 Å². The summed E-state index contributed by atoms with van der Waals surface area (Å²) < 4.78 is 0. The molecule has 0 spiro atoms. The van der Waals surface area contributed by atoms with Crippen LogP contribution in [0.4, 0.5) is 0 Å². The fraction of sp³-hybridized carbons (Fsp3) is 0.800. The SMILES string of the molecule is CNC(=O)CCCCCCCCCCC(=O)NCC(=O)O. The third kappa shape index (κ3) is 14.6. The largest absolute Gasteiger partial charge is 0.480 e. The van der Waals surface area contributed by atoms with Crippen molar-refractivity contribution in [1.82, 2.24) is 10.6 Å². The van der Waals surface area contributed by atoms with Crippen LogP contribution in [0.3, 0.4) is 0 Å². The van der Waals surface area contributed by atoms with E-state index in [1.807, 2.05) is 0 Å². The Hall–Kier alpha value is -1.59. The van der Waals surface area contributed by atoms with E-state index in [1.54, 1.807) is 7.05 Å². The van der Waals surface area contributed by atoms with Gasteiger partial charge in [-0.1, -0.05) is 38.5 Å². The highest BCUT2D eigenvalue weighted by Gasteiger charge is 2.03. The molecule has 0 aromatic carbocycles. The van der Waals surface area contributed by atoms with Gasteiger partial charge < -0.3 is 15.7 Å². The minimum atomic E-state index is -1.01. The first-order chi connectivity index (χ1) is 10.1. The Morgan fingerprint density at radius 2 is 1.19 bits per heavy atom. The molecule has 21 heavy (non-hydrogen) atoms. The number of carbonyl (C=O) groups is 3. The number of carboxylic acid groups (broad SMARTS) is 1. The second-order valence-corrected chi connectivity index (χ2v) is 5.17. The van der Waals surface area contributed by atoms with Gasteiger partial charge in [-0.3, -0.25) is 14.4 Å². The average molecular weight is 300 g/mol. The summed E-state index contributed by atoms with van der Waals surface area (Å²) in [6.45, 7) is -0.297. The van der Waals surface area contributed by atoms with Crippen molar-refractivity contribution in [2.75, 3.05) is 13.6 Å². The Morgan fingerprint density at radius 1 is 0.762 bits per heavy atom. The fourth-order valence-electron chi connectivity index (χ4n) is 2.02. The van der Waals surface area contributed by atoms with E-state index in [0.29, 0.717) is 12.8 Å². The van der Waals surface area contributed by atoms with Gasteiger partial charge in [-0.15, -0.1) is 0 Å². The Morgan fingerprint density at radius 3 is 1.62 bits per heavy atom. The zero-order valence-electron chi connectivity index (χ0n) is 13.0. The van der Waals surface area contributed by atoms with Gasteiger partial charge in [0.1, 0.15) is 6.54 Å². The quantitative estimate of drug-likeness (QED) is 0.452. The maximum atomic E-state index is 11.2. The Kier molecular flexibility index (Phi) is 12.4. The summed E-state index contributed by atoms with van der Waals surface area (Å²) in [7, 11) is 1.66. The predicted octanol–water partition coefficient (Wildman–Crippen LogP) is 1.83. The monoisotopic (exact) mass is 300 g/mol. The van der Waals surface area contributed by atoms with Crippen LogP contribution >= 0.6 is 0 Å². The molecule has 122 valence electrons. The molecular weight excluding hydrogens is 272 g/mol. The predicted molar refractivity (Wildman–Crippen MR) is 80.9 cm³/mol.